The summed E-state index contributed by atoms with van der Waals surface area (Å²) >= 11 is 0. The molecule has 0 N–H and O–H groups in total. The topological polar surface area (TPSA) is 59.8 Å². The summed E-state index contributed by atoms with van der Waals surface area (Å²) in [6.07, 6.45) is 3.26. The third-order valence-corrected chi connectivity index (χ3v) is 3.55. The predicted molar refractivity (Wildman–Crippen MR) is 86.2 cm³/mol. The monoisotopic (exact) mass is 311 g/mol. The van der Waals surface area contributed by atoms with E-state index in [1.165, 1.54) is 6.07 Å². The smallest absolute Gasteiger partial charge is 0.339 e. The van der Waals surface area contributed by atoms with Crippen molar-refractivity contribution >= 4 is 12.0 Å². The van der Waals surface area contributed by atoms with Crippen LogP contribution in [0.1, 0.15) is 11.3 Å². The number of ether oxygens (including phenoxy) is 1. The summed E-state index contributed by atoms with van der Waals surface area (Å²) in [7, 11) is 0. The van der Waals surface area contributed by atoms with Crippen molar-refractivity contribution in [2.75, 3.05) is 13.1 Å². The molecule has 1 aliphatic heterocycles. The molecule has 2 heterocycles. The van der Waals surface area contributed by atoms with Crippen molar-refractivity contribution in [2.45, 2.75) is 13.0 Å². The van der Waals surface area contributed by atoms with E-state index in [1.54, 1.807) is 30.0 Å². The maximum Gasteiger partial charge on any atom is 0.339 e. The number of nitrogens with zero attached hydrogens (tertiary/aromatic N) is 1. The number of amides is 1. The summed E-state index contributed by atoms with van der Waals surface area (Å²) in [5, 5.41) is 0. The molecule has 118 valence electrons. The fourth-order valence-corrected chi connectivity index (χ4v) is 2.37. The number of carbonyl (C=O) groups excluding carboxylic acids is 1. The number of rotatable bonds is 4. The minimum atomic E-state index is -0.432. The number of carbonyl (C=O) groups is 1. The van der Waals surface area contributed by atoms with Gasteiger partial charge < -0.3 is 14.1 Å². The van der Waals surface area contributed by atoms with Crippen molar-refractivity contribution in [3.8, 4) is 5.75 Å². The van der Waals surface area contributed by atoms with Gasteiger partial charge in [-0.25, -0.2) is 4.79 Å². The lowest BCUT2D eigenvalue weighted by Gasteiger charge is -2.38. The lowest BCUT2D eigenvalue weighted by Crippen LogP contribution is -2.55. The van der Waals surface area contributed by atoms with Crippen LogP contribution in [0.3, 0.4) is 0 Å². The van der Waals surface area contributed by atoms with Crippen molar-refractivity contribution in [3.05, 3.63) is 70.3 Å². The summed E-state index contributed by atoms with van der Waals surface area (Å²) in [5.41, 5.74) is 0.554. The zero-order valence-corrected chi connectivity index (χ0v) is 12.8. The van der Waals surface area contributed by atoms with Gasteiger partial charge in [0, 0.05) is 12.1 Å². The van der Waals surface area contributed by atoms with Crippen LogP contribution in [0.2, 0.25) is 0 Å². The average molecular weight is 311 g/mol. The third-order valence-electron chi connectivity index (χ3n) is 3.55. The van der Waals surface area contributed by atoms with Gasteiger partial charge in [-0.05, 0) is 18.6 Å². The van der Waals surface area contributed by atoms with Gasteiger partial charge in [0.25, 0.3) is 0 Å². The SMILES string of the molecule is Cc1cc(OC2CN(C(=O)/C=C/c3ccccc3)C2)cc(=O)o1. The molecule has 1 fully saturated rings. The van der Waals surface area contributed by atoms with Gasteiger partial charge in [0.1, 0.15) is 17.6 Å². The van der Waals surface area contributed by atoms with E-state index in [4.69, 9.17) is 9.15 Å². The molecule has 1 aliphatic rings. The fourth-order valence-electron chi connectivity index (χ4n) is 2.37. The van der Waals surface area contributed by atoms with Gasteiger partial charge in [0.2, 0.25) is 5.91 Å². The molecule has 2 aromatic rings. The van der Waals surface area contributed by atoms with E-state index in [1.807, 2.05) is 30.3 Å². The molecule has 5 nitrogen and oxygen atoms in total. The van der Waals surface area contributed by atoms with Gasteiger partial charge in [-0.2, -0.15) is 0 Å². The number of benzene rings is 1. The zero-order valence-electron chi connectivity index (χ0n) is 12.8. The molecule has 0 saturated carbocycles. The zero-order chi connectivity index (χ0) is 16.2. The van der Waals surface area contributed by atoms with Crippen LogP contribution in [0.15, 0.2) is 57.8 Å². The normalized spacial score (nSPS) is 14.7. The Kier molecular flexibility index (Phi) is 4.28. The first-order valence-corrected chi connectivity index (χ1v) is 7.40. The quantitative estimate of drug-likeness (QED) is 0.813. The predicted octanol–water partition coefficient (Wildman–Crippen LogP) is 2.25. The molecule has 5 heteroatoms. The van der Waals surface area contributed by atoms with Gasteiger partial charge in [0.05, 0.1) is 19.2 Å². The highest BCUT2D eigenvalue weighted by Gasteiger charge is 2.31. The number of likely N-dealkylation sites (tertiary alicyclic amines) is 1. The first kappa shape index (κ1) is 15.1. The minimum Gasteiger partial charge on any atom is -0.486 e. The van der Waals surface area contributed by atoms with Crippen LogP contribution in [0.4, 0.5) is 0 Å². The van der Waals surface area contributed by atoms with Gasteiger partial charge in [-0.15, -0.1) is 0 Å². The number of hydrogen-bond acceptors (Lipinski definition) is 4. The van der Waals surface area contributed by atoms with Crippen molar-refractivity contribution in [3.63, 3.8) is 0 Å². The van der Waals surface area contributed by atoms with E-state index < -0.39 is 5.63 Å². The average Bonchev–Trinajstić information content (AvgIpc) is 2.48. The van der Waals surface area contributed by atoms with Crippen LogP contribution in [-0.4, -0.2) is 30.0 Å². The second-order valence-electron chi connectivity index (χ2n) is 5.45. The highest BCUT2D eigenvalue weighted by molar-refractivity contribution is 5.92. The molecule has 0 aliphatic carbocycles. The molecule has 0 bridgehead atoms. The van der Waals surface area contributed by atoms with Gasteiger partial charge in [0.15, 0.2) is 0 Å². The van der Waals surface area contributed by atoms with Crippen molar-refractivity contribution in [1.29, 1.82) is 0 Å². The standard InChI is InChI=1S/C18H17NO4/c1-13-9-15(10-18(21)22-13)23-16-11-19(12-16)17(20)8-7-14-5-3-2-4-6-14/h2-10,16H,11-12H2,1H3/b8-7+. The maximum absolute atomic E-state index is 12.0. The molecular formula is C18H17NO4. The van der Waals surface area contributed by atoms with E-state index >= 15 is 0 Å². The molecule has 1 aromatic heterocycles. The van der Waals surface area contributed by atoms with Gasteiger partial charge >= 0.3 is 5.63 Å². The Morgan fingerprint density at radius 2 is 2.00 bits per heavy atom. The molecular weight excluding hydrogens is 294 g/mol. The summed E-state index contributed by atoms with van der Waals surface area (Å²) < 4.78 is 10.6. The second-order valence-corrected chi connectivity index (χ2v) is 5.45. The molecule has 3 rings (SSSR count). The van der Waals surface area contributed by atoms with Crippen molar-refractivity contribution in [2.24, 2.45) is 0 Å². The summed E-state index contributed by atoms with van der Waals surface area (Å²) in [5.74, 6) is 0.943. The Morgan fingerprint density at radius 1 is 1.26 bits per heavy atom. The lowest BCUT2D eigenvalue weighted by atomic mass is 10.1. The van der Waals surface area contributed by atoms with E-state index in [-0.39, 0.29) is 12.0 Å². The fraction of sp³-hybridized carbons (Fsp3) is 0.222. The Hall–Kier alpha value is -2.82. The Morgan fingerprint density at radius 3 is 2.70 bits per heavy atom. The summed E-state index contributed by atoms with van der Waals surface area (Å²) in [6.45, 7) is 2.72. The first-order valence-electron chi connectivity index (χ1n) is 7.40. The highest BCUT2D eigenvalue weighted by atomic mass is 16.5. The van der Waals surface area contributed by atoms with Crippen LogP contribution < -0.4 is 10.4 Å². The minimum absolute atomic E-state index is 0.0440. The number of aryl methyl sites for hydroxylation is 1. The molecule has 1 saturated heterocycles. The Balaban J connectivity index is 1.51. The van der Waals surface area contributed by atoms with Gasteiger partial charge in [-0.1, -0.05) is 30.3 Å². The van der Waals surface area contributed by atoms with Crippen LogP contribution in [0.5, 0.6) is 5.75 Å². The second kappa shape index (κ2) is 6.52. The van der Waals surface area contributed by atoms with E-state index in [0.717, 1.165) is 5.56 Å². The first-order chi connectivity index (χ1) is 11.1. The molecule has 0 unspecified atom stereocenters. The van der Waals surface area contributed by atoms with Crippen LogP contribution in [-0.2, 0) is 4.79 Å². The van der Waals surface area contributed by atoms with Crippen LogP contribution >= 0.6 is 0 Å². The molecule has 0 atom stereocenters. The Bertz CT molecular complexity index is 773. The third kappa shape index (κ3) is 3.88. The molecule has 0 radical (unpaired) electrons. The lowest BCUT2D eigenvalue weighted by molar-refractivity contribution is -0.134. The summed E-state index contributed by atoms with van der Waals surface area (Å²) in [6, 6.07) is 12.6. The van der Waals surface area contributed by atoms with Crippen LogP contribution in [0, 0.1) is 6.92 Å². The molecule has 0 spiro atoms. The van der Waals surface area contributed by atoms with Crippen LogP contribution in [0.25, 0.3) is 6.08 Å². The van der Waals surface area contributed by atoms with E-state index in [0.29, 0.717) is 24.6 Å². The molecule has 23 heavy (non-hydrogen) atoms. The highest BCUT2D eigenvalue weighted by Crippen LogP contribution is 2.18. The van der Waals surface area contributed by atoms with Crippen molar-refractivity contribution < 1.29 is 13.9 Å². The molecule has 1 aromatic carbocycles. The largest absolute Gasteiger partial charge is 0.486 e. The number of hydrogen-bond donors (Lipinski definition) is 0. The van der Waals surface area contributed by atoms with Crippen molar-refractivity contribution in [1.82, 2.24) is 4.90 Å². The molecule has 1 amide bonds. The van der Waals surface area contributed by atoms with Gasteiger partial charge in [-0.3, -0.25) is 4.79 Å². The maximum atomic E-state index is 12.0. The van der Waals surface area contributed by atoms with E-state index in [9.17, 15) is 9.59 Å². The Labute approximate surface area is 133 Å². The van der Waals surface area contributed by atoms with E-state index in [2.05, 4.69) is 0 Å². The summed E-state index contributed by atoms with van der Waals surface area (Å²) in [4.78, 5) is 25.0.